The molecular formula is C16H15N3O2. The molecule has 0 aliphatic rings. The summed E-state index contributed by atoms with van der Waals surface area (Å²) in [5.41, 5.74) is 2.78. The van der Waals surface area contributed by atoms with Gasteiger partial charge in [0.1, 0.15) is 5.65 Å². The van der Waals surface area contributed by atoms with Crippen LogP contribution in [0.1, 0.15) is 23.0 Å². The lowest BCUT2D eigenvalue weighted by atomic mass is 10.1. The monoisotopic (exact) mass is 281 g/mol. The largest absolute Gasteiger partial charge is 0.476 e. The van der Waals surface area contributed by atoms with Crippen LogP contribution in [0.5, 0.6) is 0 Å². The van der Waals surface area contributed by atoms with Crippen molar-refractivity contribution in [2.75, 3.05) is 5.32 Å². The minimum Gasteiger partial charge on any atom is -0.476 e. The van der Waals surface area contributed by atoms with Gasteiger partial charge in [-0.15, -0.1) is 0 Å². The van der Waals surface area contributed by atoms with Gasteiger partial charge in [0.25, 0.3) is 0 Å². The van der Waals surface area contributed by atoms with Crippen molar-refractivity contribution < 1.29 is 9.90 Å². The summed E-state index contributed by atoms with van der Waals surface area (Å²) < 4.78 is 1.56. The highest BCUT2D eigenvalue weighted by Gasteiger charge is 2.18. The number of aryl methyl sites for hydroxylation is 1. The normalized spacial score (nSPS) is 10.7. The summed E-state index contributed by atoms with van der Waals surface area (Å²) in [6.45, 7) is 2.09. The van der Waals surface area contributed by atoms with Crippen molar-refractivity contribution >= 4 is 23.1 Å². The SMILES string of the molecule is CCc1ccc(Nc2nc3ccccn3c2C(=O)O)cc1. The molecule has 2 aromatic heterocycles. The summed E-state index contributed by atoms with van der Waals surface area (Å²) in [5, 5.41) is 12.5. The van der Waals surface area contributed by atoms with Crippen LogP contribution < -0.4 is 5.32 Å². The van der Waals surface area contributed by atoms with E-state index in [0.717, 1.165) is 12.1 Å². The van der Waals surface area contributed by atoms with Crippen LogP contribution >= 0.6 is 0 Å². The summed E-state index contributed by atoms with van der Waals surface area (Å²) in [5.74, 6) is -0.667. The summed E-state index contributed by atoms with van der Waals surface area (Å²) in [6.07, 6.45) is 2.66. The minimum absolute atomic E-state index is 0.130. The lowest BCUT2D eigenvalue weighted by Crippen LogP contribution is -2.05. The molecule has 0 atom stereocenters. The molecule has 3 aromatic rings. The highest BCUT2D eigenvalue weighted by atomic mass is 16.4. The average Bonchev–Trinajstić information content (AvgIpc) is 2.86. The lowest BCUT2D eigenvalue weighted by Gasteiger charge is -2.05. The maximum absolute atomic E-state index is 11.5. The third kappa shape index (κ3) is 2.45. The van der Waals surface area contributed by atoms with Crippen LogP contribution in [0.2, 0.25) is 0 Å². The fraction of sp³-hybridized carbons (Fsp3) is 0.125. The number of benzene rings is 1. The zero-order valence-corrected chi connectivity index (χ0v) is 11.6. The molecule has 0 aliphatic heterocycles. The third-order valence-electron chi connectivity index (χ3n) is 3.36. The number of fused-ring (bicyclic) bond motifs is 1. The van der Waals surface area contributed by atoms with Crippen LogP contribution in [0, 0.1) is 0 Å². The molecule has 0 saturated carbocycles. The number of carboxylic acid groups (broad SMARTS) is 1. The average molecular weight is 281 g/mol. The number of aromatic nitrogens is 2. The second-order valence-electron chi connectivity index (χ2n) is 4.72. The molecule has 2 N–H and O–H groups in total. The fourth-order valence-electron chi connectivity index (χ4n) is 2.25. The Morgan fingerprint density at radius 3 is 2.67 bits per heavy atom. The molecule has 5 nitrogen and oxygen atoms in total. The molecule has 106 valence electrons. The standard InChI is InChI=1S/C16H15N3O2/c1-2-11-6-8-12(9-7-11)17-15-14(16(20)21)19-10-4-3-5-13(19)18-15/h3-10,17H,2H2,1H3,(H,20,21). The van der Waals surface area contributed by atoms with Crippen molar-refractivity contribution in [2.24, 2.45) is 0 Å². The second-order valence-corrected chi connectivity index (χ2v) is 4.72. The highest BCUT2D eigenvalue weighted by molar-refractivity contribution is 5.93. The van der Waals surface area contributed by atoms with Gasteiger partial charge in [-0.05, 0) is 36.2 Å². The van der Waals surface area contributed by atoms with E-state index in [1.54, 1.807) is 22.7 Å². The molecule has 0 spiro atoms. The fourth-order valence-corrected chi connectivity index (χ4v) is 2.25. The first-order chi connectivity index (χ1) is 10.2. The second kappa shape index (κ2) is 5.28. The summed E-state index contributed by atoms with van der Waals surface area (Å²) in [6, 6.07) is 13.3. The Bertz CT molecular complexity index is 791. The van der Waals surface area contributed by atoms with Gasteiger partial charge in [-0.3, -0.25) is 4.40 Å². The first-order valence-corrected chi connectivity index (χ1v) is 6.75. The number of anilines is 2. The van der Waals surface area contributed by atoms with E-state index in [9.17, 15) is 9.90 Å². The lowest BCUT2D eigenvalue weighted by molar-refractivity contribution is 0.0690. The molecule has 0 unspecified atom stereocenters. The van der Waals surface area contributed by atoms with Crippen molar-refractivity contribution in [3.8, 4) is 0 Å². The van der Waals surface area contributed by atoms with Gasteiger partial charge in [0, 0.05) is 11.9 Å². The van der Waals surface area contributed by atoms with E-state index >= 15 is 0 Å². The number of hydrogen-bond donors (Lipinski definition) is 2. The van der Waals surface area contributed by atoms with E-state index in [0.29, 0.717) is 11.5 Å². The smallest absolute Gasteiger partial charge is 0.356 e. The Balaban J connectivity index is 2.02. The first kappa shape index (κ1) is 13.2. The Labute approximate surface area is 121 Å². The highest BCUT2D eigenvalue weighted by Crippen LogP contribution is 2.22. The molecule has 21 heavy (non-hydrogen) atoms. The quantitative estimate of drug-likeness (QED) is 0.769. The maximum atomic E-state index is 11.5. The number of nitrogens with one attached hydrogen (secondary N) is 1. The van der Waals surface area contributed by atoms with Gasteiger partial charge < -0.3 is 10.4 Å². The molecule has 0 amide bonds. The van der Waals surface area contributed by atoms with Gasteiger partial charge >= 0.3 is 5.97 Å². The van der Waals surface area contributed by atoms with Crippen LogP contribution in [0.25, 0.3) is 5.65 Å². The van der Waals surface area contributed by atoms with Crippen LogP contribution in [0.3, 0.4) is 0 Å². The topological polar surface area (TPSA) is 66.6 Å². The Hall–Kier alpha value is -2.82. The number of carbonyl (C=O) groups is 1. The van der Waals surface area contributed by atoms with Crippen LogP contribution in [0.4, 0.5) is 11.5 Å². The Morgan fingerprint density at radius 2 is 2.00 bits per heavy atom. The number of carboxylic acids is 1. The van der Waals surface area contributed by atoms with Gasteiger partial charge in [-0.1, -0.05) is 25.1 Å². The van der Waals surface area contributed by atoms with E-state index in [1.807, 2.05) is 30.3 Å². The zero-order chi connectivity index (χ0) is 14.8. The Kier molecular flexibility index (Phi) is 3.31. The molecular weight excluding hydrogens is 266 g/mol. The predicted molar refractivity (Wildman–Crippen MR) is 81.3 cm³/mol. The molecule has 1 aromatic carbocycles. The van der Waals surface area contributed by atoms with Crippen molar-refractivity contribution in [1.82, 2.24) is 9.38 Å². The Morgan fingerprint density at radius 1 is 1.24 bits per heavy atom. The van der Waals surface area contributed by atoms with Crippen molar-refractivity contribution in [1.29, 1.82) is 0 Å². The number of imidazole rings is 1. The van der Waals surface area contributed by atoms with E-state index in [2.05, 4.69) is 17.2 Å². The van der Waals surface area contributed by atoms with E-state index < -0.39 is 5.97 Å². The van der Waals surface area contributed by atoms with Crippen LogP contribution in [-0.2, 0) is 6.42 Å². The molecule has 0 saturated heterocycles. The molecule has 0 fully saturated rings. The number of aromatic carboxylic acids is 1. The van der Waals surface area contributed by atoms with E-state index in [-0.39, 0.29) is 5.69 Å². The maximum Gasteiger partial charge on any atom is 0.356 e. The minimum atomic E-state index is -1.01. The van der Waals surface area contributed by atoms with Gasteiger partial charge in [-0.2, -0.15) is 0 Å². The number of nitrogens with zero attached hydrogens (tertiary/aromatic N) is 2. The molecule has 0 radical (unpaired) electrons. The van der Waals surface area contributed by atoms with Gasteiger partial charge in [0.15, 0.2) is 11.5 Å². The van der Waals surface area contributed by atoms with Crippen molar-refractivity contribution in [3.63, 3.8) is 0 Å². The number of rotatable bonds is 4. The van der Waals surface area contributed by atoms with E-state index in [1.165, 1.54) is 5.56 Å². The van der Waals surface area contributed by atoms with Crippen molar-refractivity contribution in [2.45, 2.75) is 13.3 Å². The molecule has 3 rings (SSSR count). The first-order valence-electron chi connectivity index (χ1n) is 6.75. The van der Waals surface area contributed by atoms with Crippen LogP contribution in [0.15, 0.2) is 48.7 Å². The molecule has 0 aliphatic carbocycles. The molecule has 0 bridgehead atoms. The van der Waals surface area contributed by atoms with Gasteiger partial charge in [-0.25, -0.2) is 9.78 Å². The summed E-state index contributed by atoms with van der Waals surface area (Å²) in [4.78, 5) is 15.8. The third-order valence-corrected chi connectivity index (χ3v) is 3.36. The van der Waals surface area contributed by atoms with Crippen molar-refractivity contribution in [3.05, 3.63) is 59.9 Å². The summed E-state index contributed by atoms with van der Waals surface area (Å²) >= 11 is 0. The zero-order valence-electron chi connectivity index (χ0n) is 11.6. The van der Waals surface area contributed by atoms with Gasteiger partial charge in [0.05, 0.1) is 0 Å². The van der Waals surface area contributed by atoms with Crippen LogP contribution in [-0.4, -0.2) is 20.5 Å². The molecule has 2 heterocycles. The van der Waals surface area contributed by atoms with E-state index in [4.69, 9.17) is 0 Å². The molecule has 5 heteroatoms. The summed E-state index contributed by atoms with van der Waals surface area (Å²) in [7, 11) is 0. The predicted octanol–water partition coefficient (Wildman–Crippen LogP) is 3.34. The number of hydrogen-bond acceptors (Lipinski definition) is 3. The van der Waals surface area contributed by atoms with Gasteiger partial charge in [0.2, 0.25) is 0 Å². The number of pyridine rings is 1.